The first kappa shape index (κ1) is 34.5. The zero-order chi connectivity index (χ0) is 33.1. The number of carbonyl (C=O) groups is 2. The van der Waals surface area contributed by atoms with E-state index in [1.54, 1.807) is 34.1 Å². The molecule has 0 aromatic heterocycles. The smallest absolute Gasteiger partial charge is 0.415 e. The van der Waals surface area contributed by atoms with E-state index in [1.165, 1.54) is 0 Å². The van der Waals surface area contributed by atoms with Gasteiger partial charge in [-0.25, -0.2) is 27.4 Å². The molecular formula is C31H37FN6O6S. The molecule has 14 heteroatoms. The van der Waals surface area contributed by atoms with Crippen molar-refractivity contribution in [2.45, 2.75) is 44.0 Å². The summed E-state index contributed by atoms with van der Waals surface area (Å²) in [4.78, 5) is 31.7. The molecule has 12 nitrogen and oxygen atoms in total. The van der Waals surface area contributed by atoms with E-state index in [0.29, 0.717) is 41.8 Å². The molecule has 1 unspecified atom stereocenters. The average Bonchev–Trinajstić information content (AvgIpc) is 3.56. The number of carboxylic acid groups (broad SMARTS) is 1. The summed E-state index contributed by atoms with van der Waals surface area (Å²) < 4.78 is 46.5. The molecule has 3 rings (SSSR count). The van der Waals surface area contributed by atoms with Gasteiger partial charge in [0.2, 0.25) is 0 Å². The number of halogens is 1. The summed E-state index contributed by atoms with van der Waals surface area (Å²) in [6.07, 6.45) is 8.07. The number of nitrogens with two attached hydrogens (primary N) is 1. The lowest BCUT2D eigenvalue weighted by atomic mass is 10.1. The Morgan fingerprint density at radius 2 is 1.78 bits per heavy atom. The highest BCUT2D eigenvalue weighted by atomic mass is 32.2. The third kappa shape index (κ3) is 8.99. The third-order valence-corrected chi connectivity index (χ3v) is 8.63. The van der Waals surface area contributed by atoms with Crippen molar-refractivity contribution >= 4 is 28.0 Å². The van der Waals surface area contributed by atoms with Gasteiger partial charge in [-0.3, -0.25) is 0 Å². The van der Waals surface area contributed by atoms with Crippen LogP contribution < -0.4 is 15.8 Å². The molecule has 2 aromatic rings. The van der Waals surface area contributed by atoms with Gasteiger partial charge in [0.15, 0.2) is 5.96 Å². The van der Waals surface area contributed by atoms with Gasteiger partial charge in [-0.1, -0.05) is 25.1 Å². The molecule has 45 heavy (non-hydrogen) atoms. The number of sulfonamides is 1. The Morgan fingerprint density at radius 1 is 1.18 bits per heavy atom. The lowest BCUT2D eigenvalue weighted by molar-refractivity contribution is -0.139. The molecule has 1 fully saturated rings. The van der Waals surface area contributed by atoms with Gasteiger partial charge in [0.05, 0.1) is 16.8 Å². The van der Waals surface area contributed by atoms with Crippen molar-refractivity contribution in [3.8, 4) is 18.2 Å². The maximum absolute atomic E-state index is 13.5. The van der Waals surface area contributed by atoms with E-state index in [4.69, 9.17) is 16.9 Å². The van der Waals surface area contributed by atoms with Gasteiger partial charge in [-0.15, -0.1) is 0 Å². The van der Waals surface area contributed by atoms with Crippen LogP contribution >= 0.6 is 0 Å². The topological polar surface area (TPSA) is 158 Å². The molecule has 1 aliphatic heterocycles. The fraction of sp³-hybridized carbons (Fsp3) is 0.323. The maximum atomic E-state index is 13.5. The molecular weight excluding hydrogens is 603 g/mol. The molecule has 0 spiro atoms. The van der Waals surface area contributed by atoms with E-state index in [1.807, 2.05) is 13.8 Å². The van der Waals surface area contributed by atoms with Crippen LogP contribution in [0.25, 0.3) is 0 Å². The van der Waals surface area contributed by atoms with E-state index in [2.05, 4.69) is 22.9 Å². The van der Waals surface area contributed by atoms with Crippen molar-refractivity contribution in [3.63, 3.8) is 0 Å². The van der Waals surface area contributed by atoms with Crippen LogP contribution in [0.4, 0.5) is 9.18 Å². The molecule has 1 heterocycles. The second kappa shape index (κ2) is 15.6. The lowest BCUT2D eigenvalue weighted by Crippen LogP contribution is -2.40. The Kier molecular flexibility index (Phi) is 12.0. The first-order valence-electron chi connectivity index (χ1n) is 14.2. The van der Waals surface area contributed by atoms with Gasteiger partial charge < -0.3 is 30.7 Å². The Balaban J connectivity index is 1.89. The summed E-state index contributed by atoms with van der Waals surface area (Å²) >= 11 is 0. The number of guanidine groups is 1. The number of ether oxygens (including phenoxy) is 1. The number of nitrogens with one attached hydrogen (secondary N) is 1. The van der Waals surface area contributed by atoms with Gasteiger partial charge >= 0.3 is 12.1 Å². The van der Waals surface area contributed by atoms with E-state index >= 15 is 0 Å². The Morgan fingerprint density at radius 3 is 2.31 bits per heavy atom. The Bertz CT molecular complexity index is 1580. The molecule has 1 atom stereocenters. The summed E-state index contributed by atoms with van der Waals surface area (Å²) in [6.45, 7) is 9.87. The van der Waals surface area contributed by atoms with Gasteiger partial charge in [-0.2, -0.15) is 4.31 Å². The van der Waals surface area contributed by atoms with Crippen LogP contribution in [0, 0.1) is 18.3 Å². The van der Waals surface area contributed by atoms with E-state index < -0.39 is 33.9 Å². The number of hydrogen-bond donors (Lipinski definition) is 3. The molecule has 4 N–H and O–H groups in total. The monoisotopic (exact) mass is 640 g/mol. The van der Waals surface area contributed by atoms with E-state index in [0.717, 1.165) is 43.3 Å². The van der Waals surface area contributed by atoms with Crippen molar-refractivity contribution < 1.29 is 32.2 Å². The minimum atomic E-state index is -4.48. The first-order chi connectivity index (χ1) is 21.4. The lowest BCUT2D eigenvalue weighted by Gasteiger charge is -2.25. The third-order valence-electron chi connectivity index (χ3n) is 6.98. The van der Waals surface area contributed by atoms with E-state index in [-0.39, 0.29) is 28.7 Å². The number of hydrogen-bond acceptors (Lipinski definition) is 7. The summed E-state index contributed by atoms with van der Waals surface area (Å²) in [6, 6.07) is 11.2. The van der Waals surface area contributed by atoms with Crippen LogP contribution in [0.15, 0.2) is 82.6 Å². The normalized spacial score (nSPS) is 14.3. The first-order valence-corrected chi connectivity index (χ1v) is 15.6. The molecule has 0 saturated carbocycles. The fourth-order valence-corrected chi connectivity index (χ4v) is 5.71. The molecule has 2 aromatic carbocycles. The number of terminal acetylenes is 1. The van der Waals surface area contributed by atoms with Gasteiger partial charge in [-0.05, 0) is 68.7 Å². The molecule has 0 bridgehead atoms. The van der Waals surface area contributed by atoms with Gasteiger partial charge in [0.25, 0.3) is 10.0 Å². The van der Waals surface area contributed by atoms with Crippen molar-refractivity contribution in [2.24, 2.45) is 10.7 Å². The molecule has 1 aliphatic rings. The van der Waals surface area contributed by atoms with Crippen LogP contribution in [0.2, 0.25) is 0 Å². The number of carbonyl (C=O) groups excluding carboxylic acids is 1. The molecule has 0 radical (unpaired) electrons. The summed E-state index contributed by atoms with van der Waals surface area (Å²) in [5.41, 5.74) is 6.19. The SMILES string of the molecule is C#CN(/C(=C/N=C(\N)N(CC)CC)C(=C)NC(Cc1ccc(OC(=O)N2CCCC2)cc1)C(=O)O)S(=O)(=O)c1ccc(F)cc1. The van der Waals surface area contributed by atoms with Crippen LogP contribution in [-0.2, 0) is 21.2 Å². The van der Waals surface area contributed by atoms with E-state index in [9.17, 15) is 27.5 Å². The van der Waals surface area contributed by atoms with Crippen molar-refractivity contribution in [2.75, 3.05) is 26.2 Å². The van der Waals surface area contributed by atoms with Crippen molar-refractivity contribution in [3.05, 3.63) is 84.1 Å². The van der Waals surface area contributed by atoms with Crippen LogP contribution in [0.1, 0.15) is 32.3 Å². The Labute approximate surface area is 262 Å². The highest BCUT2D eigenvalue weighted by Gasteiger charge is 2.29. The predicted octanol–water partition coefficient (Wildman–Crippen LogP) is 3.30. The van der Waals surface area contributed by atoms with Crippen LogP contribution in [0.3, 0.4) is 0 Å². The highest BCUT2D eigenvalue weighted by molar-refractivity contribution is 7.89. The molecule has 240 valence electrons. The van der Waals surface area contributed by atoms with Gasteiger partial charge in [0, 0.05) is 38.6 Å². The number of nitrogens with zero attached hydrogens (tertiary/aromatic N) is 4. The number of amides is 1. The number of carboxylic acids is 1. The van der Waals surface area contributed by atoms with Gasteiger partial charge in [0.1, 0.15) is 23.3 Å². The maximum Gasteiger partial charge on any atom is 0.415 e. The Hall–Kier alpha value is -5.03. The minimum Gasteiger partial charge on any atom is -0.480 e. The largest absolute Gasteiger partial charge is 0.480 e. The number of aliphatic imine (C=N–C) groups is 1. The van der Waals surface area contributed by atoms with Crippen LogP contribution in [0.5, 0.6) is 5.75 Å². The minimum absolute atomic E-state index is 0.0572. The quantitative estimate of drug-likeness (QED) is 0.0982. The molecule has 1 amide bonds. The number of rotatable bonds is 13. The summed E-state index contributed by atoms with van der Waals surface area (Å²) in [5, 5.41) is 12.8. The summed E-state index contributed by atoms with van der Waals surface area (Å²) in [7, 11) is -4.48. The number of likely N-dealkylation sites (tertiary alicyclic amines) is 1. The molecule has 1 saturated heterocycles. The standard InChI is InChI=1S/C31H37FN6O6S/c1-5-36(6-2)30(33)34-21-28(38(7-3)45(42,43)26-16-12-24(32)13-17-26)22(4)35-27(29(39)40)20-23-10-14-25(15-11-23)44-31(41)37-18-8-9-19-37/h3,10-17,21,27,35H,4-6,8-9,18-20H2,1-2H3,(H2,33,34)(H,39,40)/b28-21+. The zero-order valence-electron chi connectivity index (χ0n) is 25.1. The zero-order valence-corrected chi connectivity index (χ0v) is 26.0. The molecule has 0 aliphatic carbocycles. The second-order valence-corrected chi connectivity index (χ2v) is 11.7. The van der Waals surface area contributed by atoms with Crippen molar-refractivity contribution in [1.29, 1.82) is 0 Å². The van der Waals surface area contributed by atoms with Crippen LogP contribution in [-0.4, -0.2) is 77.9 Å². The number of aliphatic carboxylic acids is 1. The van der Waals surface area contributed by atoms with Crippen molar-refractivity contribution in [1.82, 2.24) is 19.4 Å². The summed E-state index contributed by atoms with van der Waals surface area (Å²) in [5.74, 6) is -1.55. The fourth-order valence-electron chi connectivity index (χ4n) is 4.47. The predicted molar refractivity (Wildman–Crippen MR) is 168 cm³/mol. The average molecular weight is 641 g/mol. The number of benzene rings is 2. The second-order valence-electron chi connectivity index (χ2n) is 9.95. The highest BCUT2D eigenvalue weighted by Crippen LogP contribution is 2.24.